The first kappa shape index (κ1) is 14.5. The molecule has 3 heterocycles. The van der Waals surface area contributed by atoms with Gasteiger partial charge >= 0.3 is 0 Å². The van der Waals surface area contributed by atoms with Crippen LogP contribution in [0.4, 0.5) is 0 Å². The van der Waals surface area contributed by atoms with Gasteiger partial charge in [-0.3, -0.25) is 9.89 Å². The molecule has 2 atom stereocenters. The summed E-state index contributed by atoms with van der Waals surface area (Å²) in [5.74, 6) is -0.187. The molecule has 0 spiro atoms. The van der Waals surface area contributed by atoms with Gasteiger partial charge in [-0.2, -0.15) is 5.10 Å². The van der Waals surface area contributed by atoms with E-state index in [0.717, 1.165) is 11.3 Å². The highest BCUT2D eigenvalue weighted by Crippen LogP contribution is 2.30. The molecule has 0 bridgehead atoms. The molecule has 1 aromatic heterocycles. The first-order chi connectivity index (χ1) is 10.1. The minimum atomic E-state index is -0.187. The number of carbonyl (C=O) groups excluding carboxylic acids is 1. The molecular formula is C14H21N3O4. The van der Waals surface area contributed by atoms with Gasteiger partial charge in [0.25, 0.3) is 5.91 Å². The first-order valence-electron chi connectivity index (χ1n) is 7.34. The number of aromatic nitrogens is 2. The van der Waals surface area contributed by atoms with E-state index in [1.54, 1.807) is 0 Å². The number of aromatic amines is 1. The molecule has 0 unspecified atom stereocenters. The summed E-state index contributed by atoms with van der Waals surface area (Å²) in [5.41, 5.74) is 2.30. The van der Waals surface area contributed by atoms with Gasteiger partial charge in [0, 0.05) is 12.0 Å². The van der Waals surface area contributed by atoms with Gasteiger partial charge in [-0.25, -0.2) is 0 Å². The Morgan fingerprint density at radius 2 is 2.00 bits per heavy atom. The maximum Gasteiger partial charge on any atom is 0.272 e. The molecule has 0 aliphatic carbocycles. The van der Waals surface area contributed by atoms with Crippen molar-refractivity contribution in [1.29, 1.82) is 0 Å². The number of amides is 1. The third-order valence-corrected chi connectivity index (χ3v) is 3.79. The Balaban J connectivity index is 1.73. The molecule has 2 aliphatic rings. The van der Waals surface area contributed by atoms with Crippen molar-refractivity contribution in [3.05, 3.63) is 17.0 Å². The van der Waals surface area contributed by atoms with Crippen molar-refractivity contribution in [2.45, 2.75) is 38.5 Å². The lowest BCUT2D eigenvalue weighted by molar-refractivity contribution is -0.00698. The van der Waals surface area contributed by atoms with E-state index in [-0.39, 0.29) is 24.2 Å². The predicted octanol–water partition coefficient (Wildman–Crippen LogP) is 0.577. The molecule has 2 N–H and O–H groups in total. The zero-order chi connectivity index (χ0) is 14.8. The maximum absolute atomic E-state index is 12.4. The van der Waals surface area contributed by atoms with Gasteiger partial charge < -0.3 is 19.5 Å². The molecule has 1 aromatic rings. The average Bonchev–Trinajstić information content (AvgIpc) is 2.69. The second-order valence-corrected chi connectivity index (χ2v) is 5.58. The summed E-state index contributed by atoms with van der Waals surface area (Å²) < 4.78 is 16.5. The van der Waals surface area contributed by atoms with E-state index in [2.05, 4.69) is 15.5 Å². The van der Waals surface area contributed by atoms with Crippen LogP contribution >= 0.6 is 0 Å². The summed E-state index contributed by atoms with van der Waals surface area (Å²) in [4.78, 5) is 12.4. The van der Waals surface area contributed by atoms with Crippen LogP contribution in [0.25, 0.3) is 0 Å². The van der Waals surface area contributed by atoms with Crippen molar-refractivity contribution in [3.8, 4) is 0 Å². The summed E-state index contributed by atoms with van der Waals surface area (Å²) in [6, 6.07) is -0.137. The summed E-state index contributed by atoms with van der Waals surface area (Å²) in [5, 5.41) is 10.0. The molecule has 1 fully saturated rings. The van der Waals surface area contributed by atoms with Crippen molar-refractivity contribution in [1.82, 2.24) is 15.5 Å². The molecule has 7 heteroatoms. The van der Waals surface area contributed by atoms with Crippen molar-refractivity contribution in [3.63, 3.8) is 0 Å². The molecule has 0 aromatic carbocycles. The lowest BCUT2D eigenvalue weighted by Crippen LogP contribution is -2.41. The van der Waals surface area contributed by atoms with Crippen LogP contribution in [0.15, 0.2) is 0 Å². The second kappa shape index (κ2) is 6.13. The monoisotopic (exact) mass is 295 g/mol. The number of hydrogen-bond acceptors (Lipinski definition) is 5. The maximum atomic E-state index is 12.4. The van der Waals surface area contributed by atoms with Crippen molar-refractivity contribution in [2.24, 2.45) is 0 Å². The van der Waals surface area contributed by atoms with Crippen LogP contribution in [0.3, 0.4) is 0 Å². The number of H-pyrrole nitrogens is 1. The molecule has 21 heavy (non-hydrogen) atoms. The number of carbonyl (C=O) groups is 1. The van der Waals surface area contributed by atoms with Gasteiger partial charge in [0.15, 0.2) is 5.69 Å². The number of hydrogen-bond donors (Lipinski definition) is 2. The van der Waals surface area contributed by atoms with Crippen molar-refractivity contribution in [2.75, 3.05) is 26.4 Å². The fourth-order valence-electron chi connectivity index (χ4n) is 2.82. The standard InChI is InChI=1S/C14H21N3O4/c1-8-5-11-12(9(2)21-8)16-17-13(11)14(18)15-10-6-19-3-4-20-7-10/h8-10H,3-7H2,1-2H3,(H,15,18)(H,16,17)/t8-,9+/m1/s1. The largest absolute Gasteiger partial charge is 0.377 e. The molecular weight excluding hydrogens is 274 g/mol. The SMILES string of the molecule is C[C@@H]1Cc2c(C(=O)NC3COCCOC3)n[nH]c2[C@H](C)O1. The van der Waals surface area contributed by atoms with Gasteiger partial charge in [0.1, 0.15) is 0 Å². The van der Waals surface area contributed by atoms with Crippen molar-refractivity contribution >= 4 is 5.91 Å². The minimum Gasteiger partial charge on any atom is -0.377 e. The van der Waals surface area contributed by atoms with Gasteiger partial charge in [0.05, 0.1) is 50.4 Å². The Labute approximate surface area is 123 Å². The van der Waals surface area contributed by atoms with E-state index in [1.807, 2.05) is 13.8 Å². The fraction of sp³-hybridized carbons (Fsp3) is 0.714. The molecule has 116 valence electrons. The van der Waals surface area contributed by atoms with Crippen LogP contribution in [0.2, 0.25) is 0 Å². The predicted molar refractivity (Wildman–Crippen MR) is 74.1 cm³/mol. The molecule has 2 aliphatic heterocycles. The molecule has 0 radical (unpaired) electrons. The first-order valence-corrected chi connectivity index (χ1v) is 7.34. The molecule has 7 nitrogen and oxygen atoms in total. The topological polar surface area (TPSA) is 85.5 Å². The van der Waals surface area contributed by atoms with E-state index in [9.17, 15) is 4.79 Å². The molecule has 1 saturated heterocycles. The lowest BCUT2D eigenvalue weighted by atomic mass is 9.99. The lowest BCUT2D eigenvalue weighted by Gasteiger charge is -2.25. The highest BCUT2D eigenvalue weighted by Gasteiger charge is 2.30. The van der Waals surface area contributed by atoms with Crippen LogP contribution in [0.1, 0.15) is 41.7 Å². The zero-order valence-corrected chi connectivity index (χ0v) is 12.3. The summed E-state index contributed by atoms with van der Waals surface area (Å²) in [6.07, 6.45) is 0.708. The second-order valence-electron chi connectivity index (χ2n) is 5.58. The van der Waals surface area contributed by atoms with Crippen molar-refractivity contribution < 1.29 is 19.0 Å². The summed E-state index contributed by atoms with van der Waals surface area (Å²) in [7, 11) is 0. The average molecular weight is 295 g/mol. The van der Waals surface area contributed by atoms with Crippen LogP contribution < -0.4 is 5.32 Å². The summed E-state index contributed by atoms with van der Waals surface area (Å²) in [6.45, 7) is 6.03. The zero-order valence-electron chi connectivity index (χ0n) is 12.3. The normalized spacial score (nSPS) is 27.0. The highest BCUT2D eigenvalue weighted by atomic mass is 16.5. The van der Waals surface area contributed by atoms with E-state index in [4.69, 9.17) is 14.2 Å². The van der Waals surface area contributed by atoms with Gasteiger partial charge in [0.2, 0.25) is 0 Å². The highest BCUT2D eigenvalue weighted by molar-refractivity contribution is 5.94. The van der Waals surface area contributed by atoms with Gasteiger partial charge in [-0.15, -0.1) is 0 Å². The van der Waals surface area contributed by atoms with Crippen LogP contribution in [0, 0.1) is 0 Å². The van der Waals surface area contributed by atoms with Crippen LogP contribution in [-0.2, 0) is 20.6 Å². The van der Waals surface area contributed by atoms with E-state index < -0.39 is 0 Å². The van der Waals surface area contributed by atoms with E-state index >= 15 is 0 Å². The van der Waals surface area contributed by atoms with E-state index in [1.165, 1.54) is 0 Å². The Morgan fingerprint density at radius 1 is 1.29 bits per heavy atom. The summed E-state index contributed by atoms with van der Waals surface area (Å²) >= 11 is 0. The van der Waals surface area contributed by atoms with E-state index in [0.29, 0.717) is 38.5 Å². The molecule has 0 saturated carbocycles. The number of nitrogens with zero attached hydrogens (tertiary/aromatic N) is 1. The number of ether oxygens (including phenoxy) is 3. The number of nitrogens with one attached hydrogen (secondary N) is 2. The van der Waals surface area contributed by atoms with Gasteiger partial charge in [-0.1, -0.05) is 0 Å². The Morgan fingerprint density at radius 3 is 2.71 bits per heavy atom. The molecule has 1 amide bonds. The van der Waals surface area contributed by atoms with Crippen LogP contribution in [0.5, 0.6) is 0 Å². The third kappa shape index (κ3) is 3.09. The fourth-order valence-corrected chi connectivity index (χ4v) is 2.82. The van der Waals surface area contributed by atoms with Crippen LogP contribution in [-0.4, -0.2) is 54.7 Å². The van der Waals surface area contributed by atoms with Gasteiger partial charge in [-0.05, 0) is 13.8 Å². The Bertz CT molecular complexity index is 508. The Hall–Kier alpha value is -1.44. The number of fused-ring (bicyclic) bond motifs is 1. The quantitative estimate of drug-likeness (QED) is 0.833. The minimum absolute atomic E-state index is 0.0673. The third-order valence-electron chi connectivity index (χ3n) is 3.79. The number of rotatable bonds is 2. The molecule has 3 rings (SSSR count). The smallest absolute Gasteiger partial charge is 0.272 e. The Kier molecular flexibility index (Phi) is 4.23.